The lowest BCUT2D eigenvalue weighted by Gasteiger charge is -2.33. The monoisotopic (exact) mass is 380 g/mol. The van der Waals surface area contributed by atoms with Crippen molar-refractivity contribution in [1.82, 2.24) is 9.55 Å². The van der Waals surface area contributed by atoms with Crippen molar-refractivity contribution >= 4 is 22.6 Å². The van der Waals surface area contributed by atoms with Crippen LogP contribution in [0.3, 0.4) is 0 Å². The second-order valence-electron chi connectivity index (χ2n) is 6.24. The molecule has 0 spiro atoms. The summed E-state index contributed by atoms with van der Waals surface area (Å²) in [4.78, 5) is 4.61. The molecule has 1 aliphatic carbocycles. The zero-order valence-corrected chi connectivity index (χ0v) is 14.2. The van der Waals surface area contributed by atoms with Crippen LogP contribution in [0.4, 0.5) is 0 Å². The van der Waals surface area contributed by atoms with E-state index in [1.54, 1.807) is 0 Å². The smallest absolute Gasteiger partial charge is 0.140 e. The van der Waals surface area contributed by atoms with Gasteiger partial charge >= 0.3 is 0 Å². The molecule has 0 N–H and O–H groups in total. The summed E-state index contributed by atoms with van der Waals surface area (Å²) in [6.07, 6.45) is 8.02. The van der Waals surface area contributed by atoms with Gasteiger partial charge in [0.25, 0.3) is 0 Å². The largest absolute Gasteiger partial charge is 0.328 e. The highest BCUT2D eigenvalue weighted by atomic mass is 127. The van der Waals surface area contributed by atoms with Crippen LogP contribution in [0, 0.1) is 15.4 Å². The van der Waals surface area contributed by atoms with Crippen LogP contribution in [-0.4, -0.2) is 9.55 Å². The molecule has 1 aromatic carbocycles. The third-order valence-corrected chi connectivity index (χ3v) is 4.97. The van der Waals surface area contributed by atoms with Gasteiger partial charge in [0.2, 0.25) is 0 Å². The van der Waals surface area contributed by atoms with E-state index >= 15 is 0 Å². The summed E-state index contributed by atoms with van der Waals surface area (Å²) in [5.74, 6) is 2.75. The fourth-order valence-electron chi connectivity index (χ4n) is 3.59. The van der Waals surface area contributed by atoms with Gasteiger partial charge in [-0.25, -0.2) is 4.98 Å². The van der Waals surface area contributed by atoms with Crippen LogP contribution < -0.4 is 0 Å². The predicted molar refractivity (Wildman–Crippen MR) is 91.6 cm³/mol. The zero-order valence-electron chi connectivity index (χ0n) is 12.1. The second kappa shape index (κ2) is 5.88. The Kier molecular flexibility index (Phi) is 4.15. The molecule has 2 aromatic rings. The van der Waals surface area contributed by atoms with E-state index in [-0.39, 0.29) is 0 Å². The molecule has 0 bridgehead atoms. The Bertz CT molecular complexity index is 580. The van der Waals surface area contributed by atoms with Crippen LogP contribution in [-0.2, 0) is 0 Å². The minimum atomic E-state index is 0.601. The van der Waals surface area contributed by atoms with Gasteiger partial charge in [-0.05, 0) is 65.8 Å². The molecule has 1 saturated carbocycles. The van der Waals surface area contributed by atoms with Crippen LogP contribution >= 0.6 is 22.6 Å². The number of nitrogens with zero attached hydrogens (tertiary/aromatic N) is 2. The van der Waals surface area contributed by atoms with Gasteiger partial charge in [0.1, 0.15) is 5.82 Å². The van der Waals surface area contributed by atoms with Gasteiger partial charge in [-0.2, -0.15) is 0 Å². The molecular weight excluding hydrogens is 359 g/mol. The molecule has 20 heavy (non-hydrogen) atoms. The maximum Gasteiger partial charge on any atom is 0.140 e. The first-order chi connectivity index (χ1) is 9.63. The van der Waals surface area contributed by atoms with Crippen LogP contribution in [0.15, 0.2) is 36.7 Å². The molecule has 1 aromatic heterocycles. The van der Waals surface area contributed by atoms with Crippen molar-refractivity contribution in [3.05, 3.63) is 40.2 Å². The lowest BCUT2D eigenvalue weighted by Crippen LogP contribution is -2.22. The van der Waals surface area contributed by atoms with Crippen LogP contribution in [0.25, 0.3) is 11.4 Å². The fraction of sp³-hybridized carbons (Fsp3) is 0.471. The highest BCUT2D eigenvalue weighted by Crippen LogP contribution is 2.37. The quantitative estimate of drug-likeness (QED) is 0.659. The minimum absolute atomic E-state index is 0.601. The lowest BCUT2D eigenvalue weighted by atomic mass is 9.80. The summed E-state index contributed by atoms with van der Waals surface area (Å²) in [6, 6.07) is 9.22. The van der Waals surface area contributed by atoms with Crippen LogP contribution in [0.1, 0.15) is 39.2 Å². The van der Waals surface area contributed by atoms with Gasteiger partial charge < -0.3 is 4.57 Å². The molecule has 106 valence electrons. The first-order valence-corrected chi connectivity index (χ1v) is 8.50. The summed E-state index contributed by atoms with van der Waals surface area (Å²) in [6.45, 7) is 4.76. The Morgan fingerprint density at radius 3 is 2.60 bits per heavy atom. The van der Waals surface area contributed by atoms with E-state index in [0.717, 1.165) is 17.7 Å². The third kappa shape index (κ3) is 2.92. The Labute approximate surface area is 134 Å². The number of imidazole rings is 1. The first-order valence-electron chi connectivity index (χ1n) is 7.42. The van der Waals surface area contributed by atoms with E-state index in [2.05, 4.69) is 76.5 Å². The van der Waals surface area contributed by atoms with Crippen molar-refractivity contribution < 1.29 is 0 Å². The average molecular weight is 380 g/mol. The molecule has 3 rings (SSSR count). The normalized spacial score (nSPS) is 26.6. The van der Waals surface area contributed by atoms with Crippen molar-refractivity contribution in [2.75, 3.05) is 0 Å². The summed E-state index contributed by atoms with van der Waals surface area (Å²) in [5.41, 5.74) is 1.23. The Hall–Kier alpha value is -0.840. The van der Waals surface area contributed by atoms with Gasteiger partial charge in [0, 0.05) is 27.6 Å². The van der Waals surface area contributed by atoms with Gasteiger partial charge in [-0.1, -0.05) is 26.0 Å². The standard InChI is InChI=1S/C17H21IN2/c1-12-8-13(2)10-16(9-12)20-7-6-19-17(20)14-4-3-5-15(18)11-14/h3-7,11-13,16H,8-10H2,1-2H3. The summed E-state index contributed by atoms with van der Waals surface area (Å²) in [5, 5.41) is 0. The number of hydrogen-bond acceptors (Lipinski definition) is 1. The van der Waals surface area contributed by atoms with Gasteiger partial charge in [-0.15, -0.1) is 0 Å². The van der Waals surface area contributed by atoms with E-state index < -0.39 is 0 Å². The fourth-order valence-corrected chi connectivity index (χ4v) is 4.13. The van der Waals surface area contributed by atoms with Crippen LogP contribution in [0.5, 0.6) is 0 Å². The van der Waals surface area contributed by atoms with Gasteiger partial charge in [0.15, 0.2) is 0 Å². The van der Waals surface area contributed by atoms with Gasteiger partial charge in [-0.3, -0.25) is 0 Å². The maximum atomic E-state index is 4.61. The van der Waals surface area contributed by atoms with Gasteiger partial charge in [0.05, 0.1) is 0 Å². The third-order valence-electron chi connectivity index (χ3n) is 4.30. The average Bonchev–Trinajstić information content (AvgIpc) is 2.86. The van der Waals surface area contributed by atoms with E-state index in [0.29, 0.717) is 6.04 Å². The summed E-state index contributed by atoms with van der Waals surface area (Å²) >= 11 is 2.37. The SMILES string of the molecule is CC1CC(C)CC(n2ccnc2-c2cccc(I)c2)C1. The molecule has 1 fully saturated rings. The zero-order chi connectivity index (χ0) is 14.1. The Morgan fingerprint density at radius 1 is 1.15 bits per heavy atom. The van der Waals surface area contributed by atoms with Crippen molar-refractivity contribution in [2.45, 2.75) is 39.2 Å². The molecule has 0 aliphatic heterocycles. The lowest BCUT2D eigenvalue weighted by molar-refractivity contribution is 0.222. The predicted octanol–water partition coefficient (Wildman–Crippen LogP) is 5.15. The number of aromatic nitrogens is 2. The number of hydrogen-bond donors (Lipinski definition) is 0. The van der Waals surface area contributed by atoms with E-state index in [1.807, 2.05) is 6.20 Å². The molecule has 0 amide bonds. The molecule has 2 atom stereocenters. The Morgan fingerprint density at radius 2 is 1.90 bits per heavy atom. The van der Waals surface area contributed by atoms with Crippen LogP contribution in [0.2, 0.25) is 0 Å². The second-order valence-corrected chi connectivity index (χ2v) is 7.49. The summed E-state index contributed by atoms with van der Waals surface area (Å²) < 4.78 is 3.66. The first kappa shape index (κ1) is 14.1. The number of rotatable bonds is 2. The molecular formula is C17H21IN2. The highest BCUT2D eigenvalue weighted by molar-refractivity contribution is 14.1. The van der Waals surface area contributed by atoms with E-state index in [9.17, 15) is 0 Å². The highest BCUT2D eigenvalue weighted by Gasteiger charge is 2.26. The molecule has 2 unspecified atom stereocenters. The number of benzene rings is 1. The molecule has 0 saturated heterocycles. The number of halogens is 1. The Balaban J connectivity index is 1.94. The van der Waals surface area contributed by atoms with Crippen molar-refractivity contribution in [3.63, 3.8) is 0 Å². The van der Waals surface area contributed by atoms with Crippen molar-refractivity contribution in [3.8, 4) is 11.4 Å². The summed E-state index contributed by atoms with van der Waals surface area (Å²) in [7, 11) is 0. The topological polar surface area (TPSA) is 17.8 Å². The van der Waals surface area contributed by atoms with E-state index in [1.165, 1.54) is 28.4 Å². The molecule has 2 nitrogen and oxygen atoms in total. The minimum Gasteiger partial charge on any atom is -0.328 e. The van der Waals surface area contributed by atoms with Crippen molar-refractivity contribution in [2.24, 2.45) is 11.8 Å². The maximum absolute atomic E-state index is 4.61. The molecule has 3 heteroatoms. The van der Waals surface area contributed by atoms with Crippen molar-refractivity contribution in [1.29, 1.82) is 0 Å². The molecule has 1 aliphatic rings. The molecule has 1 heterocycles. The van der Waals surface area contributed by atoms with E-state index in [4.69, 9.17) is 0 Å². The molecule has 0 radical (unpaired) electrons.